The fraction of sp³-hybridized carbons (Fsp3) is 0.647. The second-order valence-corrected chi connectivity index (χ2v) is 6.39. The standard InChI is InChI=1S/C17H25NO/c1-12-6-3-4-8-15(12)18(2)16-11-10-14-13(16)7-5-9-17(14)19/h5,7,9,12,15-16,19H,3-4,6,8,10-11H2,1-2H3. The molecule has 1 N–H and O–H groups in total. The Bertz CT molecular complexity index is 457. The first-order chi connectivity index (χ1) is 9.18. The van der Waals surface area contributed by atoms with Crippen LogP contribution in [0.3, 0.4) is 0 Å². The zero-order valence-electron chi connectivity index (χ0n) is 12.1. The Morgan fingerprint density at radius 2 is 1.95 bits per heavy atom. The topological polar surface area (TPSA) is 23.5 Å². The number of phenols is 1. The van der Waals surface area contributed by atoms with E-state index in [1.54, 1.807) is 0 Å². The zero-order chi connectivity index (χ0) is 13.4. The lowest BCUT2D eigenvalue weighted by molar-refractivity contribution is 0.0964. The second-order valence-electron chi connectivity index (χ2n) is 6.39. The smallest absolute Gasteiger partial charge is 0.119 e. The molecule has 3 rings (SSSR count). The molecule has 0 heterocycles. The maximum atomic E-state index is 9.97. The van der Waals surface area contributed by atoms with Crippen LogP contribution in [0.15, 0.2) is 18.2 Å². The second kappa shape index (κ2) is 5.16. The molecule has 0 saturated heterocycles. The van der Waals surface area contributed by atoms with Crippen molar-refractivity contribution in [2.24, 2.45) is 5.92 Å². The molecule has 3 atom stereocenters. The van der Waals surface area contributed by atoms with Crippen molar-refractivity contribution in [3.63, 3.8) is 0 Å². The van der Waals surface area contributed by atoms with E-state index in [0.29, 0.717) is 17.8 Å². The van der Waals surface area contributed by atoms with E-state index >= 15 is 0 Å². The van der Waals surface area contributed by atoms with Crippen LogP contribution in [-0.2, 0) is 6.42 Å². The minimum absolute atomic E-state index is 0.491. The van der Waals surface area contributed by atoms with Crippen molar-refractivity contribution in [1.29, 1.82) is 0 Å². The molecule has 0 aliphatic heterocycles. The first-order valence-corrected chi connectivity index (χ1v) is 7.71. The zero-order valence-corrected chi connectivity index (χ0v) is 12.1. The van der Waals surface area contributed by atoms with Gasteiger partial charge in [-0.05, 0) is 55.8 Å². The molecule has 2 aliphatic carbocycles. The first kappa shape index (κ1) is 13.0. The van der Waals surface area contributed by atoms with E-state index in [2.05, 4.69) is 24.9 Å². The van der Waals surface area contributed by atoms with Crippen LogP contribution in [0, 0.1) is 5.92 Å². The molecule has 0 spiro atoms. The average molecular weight is 259 g/mol. The van der Waals surface area contributed by atoms with Gasteiger partial charge in [0.05, 0.1) is 0 Å². The van der Waals surface area contributed by atoms with E-state index in [1.165, 1.54) is 36.8 Å². The maximum Gasteiger partial charge on any atom is 0.119 e. The van der Waals surface area contributed by atoms with Gasteiger partial charge in [0.15, 0.2) is 0 Å². The summed E-state index contributed by atoms with van der Waals surface area (Å²) < 4.78 is 0. The van der Waals surface area contributed by atoms with Crippen LogP contribution in [0.1, 0.15) is 56.2 Å². The van der Waals surface area contributed by atoms with E-state index in [9.17, 15) is 5.11 Å². The summed E-state index contributed by atoms with van der Waals surface area (Å²) in [6.45, 7) is 2.40. The third-order valence-corrected chi connectivity index (χ3v) is 5.30. The lowest BCUT2D eigenvalue weighted by Gasteiger charge is -2.40. The van der Waals surface area contributed by atoms with Gasteiger partial charge >= 0.3 is 0 Å². The summed E-state index contributed by atoms with van der Waals surface area (Å²) >= 11 is 0. The summed E-state index contributed by atoms with van der Waals surface area (Å²) in [4.78, 5) is 2.59. The molecule has 2 heteroatoms. The van der Waals surface area contributed by atoms with Gasteiger partial charge in [0.2, 0.25) is 0 Å². The van der Waals surface area contributed by atoms with Crippen LogP contribution in [0.2, 0.25) is 0 Å². The molecule has 1 fully saturated rings. The Balaban J connectivity index is 1.83. The van der Waals surface area contributed by atoms with Crippen molar-refractivity contribution in [3.8, 4) is 5.75 Å². The maximum absolute atomic E-state index is 9.97. The van der Waals surface area contributed by atoms with Gasteiger partial charge in [-0.3, -0.25) is 4.90 Å². The van der Waals surface area contributed by atoms with Gasteiger partial charge in [-0.25, -0.2) is 0 Å². The average Bonchev–Trinajstić information content (AvgIpc) is 2.84. The van der Waals surface area contributed by atoms with E-state index in [0.717, 1.165) is 18.8 Å². The molecule has 104 valence electrons. The van der Waals surface area contributed by atoms with Gasteiger partial charge in [0, 0.05) is 12.1 Å². The van der Waals surface area contributed by atoms with Crippen LogP contribution in [-0.4, -0.2) is 23.1 Å². The van der Waals surface area contributed by atoms with E-state index < -0.39 is 0 Å². The lowest BCUT2D eigenvalue weighted by atomic mass is 9.84. The molecule has 1 saturated carbocycles. The van der Waals surface area contributed by atoms with Gasteiger partial charge in [-0.2, -0.15) is 0 Å². The number of hydrogen-bond donors (Lipinski definition) is 1. The highest BCUT2D eigenvalue weighted by Crippen LogP contribution is 2.42. The first-order valence-electron chi connectivity index (χ1n) is 7.71. The van der Waals surface area contributed by atoms with Gasteiger partial charge < -0.3 is 5.11 Å². The highest BCUT2D eigenvalue weighted by Gasteiger charge is 2.34. The molecule has 0 radical (unpaired) electrons. The minimum Gasteiger partial charge on any atom is -0.508 e. The molecule has 1 aromatic carbocycles. The van der Waals surface area contributed by atoms with Crippen molar-refractivity contribution >= 4 is 0 Å². The Morgan fingerprint density at radius 3 is 2.74 bits per heavy atom. The normalized spacial score (nSPS) is 30.6. The number of rotatable bonds is 2. The molecular weight excluding hydrogens is 234 g/mol. The third-order valence-electron chi connectivity index (χ3n) is 5.30. The number of hydrogen-bond acceptors (Lipinski definition) is 2. The molecule has 19 heavy (non-hydrogen) atoms. The molecule has 3 unspecified atom stereocenters. The fourth-order valence-corrected chi connectivity index (χ4v) is 4.17. The van der Waals surface area contributed by atoms with E-state index in [1.807, 2.05) is 12.1 Å². The Kier molecular flexibility index (Phi) is 3.53. The van der Waals surface area contributed by atoms with Crippen molar-refractivity contribution in [2.75, 3.05) is 7.05 Å². The Morgan fingerprint density at radius 1 is 1.16 bits per heavy atom. The van der Waals surface area contributed by atoms with E-state index in [-0.39, 0.29) is 0 Å². The molecule has 0 aromatic heterocycles. The van der Waals surface area contributed by atoms with Crippen molar-refractivity contribution < 1.29 is 5.11 Å². The van der Waals surface area contributed by atoms with Crippen molar-refractivity contribution in [3.05, 3.63) is 29.3 Å². The van der Waals surface area contributed by atoms with Crippen LogP contribution in [0.4, 0.5) is 0 Å². The van der Waals surface area contributed by atoms with Gasteiger partial charge in [-0.15, -0.1) is 0 Å². The monoisotopic (exact) mass is 259 g/mol. The number of nitrogens with zero attached hydrogens (tertiary/aromatic N) is 1. The summed E-state index contributed by atoms with van der Waals surface area (Å²) in [5, 5.41) is 9.97. The third kappa shape index (κ3) is 2.27. The molecule has 2 nitrogen and oxygen atoms in total. The van der Waals surface area contributed by atoms with Gasteiger partial charge in [-0.1, -0.05) is 31.9 Å². The SMILES string of the molecule is CC1CCCCC1N(C)C1CCc2c(O)cccc21. The Labute approximate surface area is 116 Å². The summed E-state index contributed by atoms with van der Waals surface area (Å²) in [6, 6.07) is 7.24. The predicted molar refractivity (Wildman–Crippen MR) is 78.4 cm³/mol. The Hall–Kier alpha value is -1.02. The quantitative estimate of drug-likeness (QED) is 0.871. The van der Waals surface area contributed by atoms with Crippen LogP contribution in [0.5, 0.6) is 5.75 Å². The fourth-order valence-electron chi connectivity index (χ4n) is 4.17. The number of aromatic hydroxyl groups is 1. The van der Waals surface area contributed by atoms with Crippen LogP contribution >= 0.6 is 0 Å². The molecule has 1 aromatic rings. The van der Waals surface area contributed by atoms with Gasteiger partial charge in [0.25, 0.3) is 0 Å². The molecule has 2 aliphatic rings. The van der Waals surface area contributed by atoms with Crippen LogP contribution in [0.25, 0.3) is 0 Å². The summed E-state index contributed by atoms with van der Waals surface area (Å²) in [6.07, 6.45) is 7.66. The van der Waals surface area contributed by atoms with Gasteiger partial charge in [0.1, 0.15) is 5.75 Å². The van der Waals surface area contributed by atoms with Crippen LogP contribution < -0.4 is 0 Å². The molecule has 0 amide bonds. The molecular formula is C17H25NO. The number of fused-ring (bicyclic) bond motifs is 1. The summed E-state index contributed by atoms with van der Waals surface area (Å²) in [5.41, 5.74) is 2.54. The lowest BCUT2D eigenvalue weighted by Crippen LogP contribution is -2.40. The molecule has 0 bridgehead atoms. The number of benzene rings is 1. The number of phenolic OH excluding ortho intramolecular Hbond substituents is 1. The summed E-state index contributed by atoms with van der Waals surface area (Å²) in [7, 11) is 2.29. The minimum atomic E-state index is 0.491. The predicted octanol–water partition coefficient (Wildman–Crippen LogP) is 3.89. The summed E-state index contributed by atoms with van der Waals surface area (Å²) in [5.74, 6) is 1.30. The van der Waals surface area contributed by atoms with Crippen molar-refractivity contribution in [2.45, 2.75) is 57.5 Å². The van der Waals surface area contributed by atoms with Crippen molar-refractivity contribution in [1.82, 2.24) is 4.90 Å². The highest BCUT2D eigenvalue weighted by atomic mass is 16.3. The highest BCUT2D eigenvalue weighted by molar-refractivity contribution is 5.44. The van der Waals surface area contributed by atoms with E-state index in [4.69, 9.17) is 0 Å². The largest absolute Gasteiger partial charge is 0.508 e.